The van der Waals surface area contributed by atoms with Gasteiger partial charge in [0.1, 0.15) is 17.6 Å². The molecule has 1 atom stereocenters. The van der Waals surface area contributed by atoms with E-state index >= 15 is 0 Å². The van der Waals surface area contributed by atoms with Crippen LogP contribution in [-0.2, 0) is 0 Å². The van der Waals surface area contributed by atoms with Crippen LogP contribution in [0.5, 0.6) is 0 Å². The van der Waals surface area contributed by atoms with E-state index in [0.717, 1.165) is 5.76 Å². The Morgan fingerprint density at radius 1 is 1.30 bits per heavy atom. The lowest BCUT2D eigenvalue weighted by Crippen LogP contribution is -2.31. The van der Waals surface area contributed by atoms with Gasteiger partial charge in [-0.15, -0.1) is 0 Å². The fourth-order valence-corrected chi connectivity index (χ4v) is 1.80. The highest BCUT2D eigenvalue weighted by atomic mass is 16.3. The summed E-state index contributed by atoms with van der Waals surface area (Å²) in [5.74, 6) is 1.48. The highest BCUT2D eigenvalue weighted by molar-refractivity contribution is 5.90. The number of benzene rings is 1. The maximum Gasteiger partial charge on any atom is 0.319 e. The molecule has 1 aromatic carbocycles. The number of carbonyl (C=O) groups excluding carboxylic acids is 1. The molecule has 1 heterocycles. The molecular weight excluding hydrogens is 254 g/mol. The topological polar surface area (TPSA) is 78.1 Å². The minimum atomic E-state index is -0.380. The average Bonchev–Trinajstić information content (AvgIpc) is 2.86. The number of furan rings is 1. The maximum absolute atomic E-state index is 11.9. The van der Waals surface area contributed by atoms with Crippen LogP contribution in [0, 0.1) is 18.3 Å². The lowest BCUT2D eigenvalue weighted by atomic mass is 10.2. The highest BCUT2D eigenvalue weighted by Gasteiger charge is 2.13. The Labute approximate surface area is 117 Å². The summed E-state index contributed by atoms with van der Waals surface area (Å²) in [7, 11) is 0. The van der Waals surface area contributed by atoms with Gasteiger partial charge in [0, 0.05) is 0 Å². The number of nitriles is 1. The first kappa shape index (κ1) is 13.7. The number of urea groups is 1. The number of anilines is 1. The second-order valence-corrected chi connectivity index (χ2v) is 4.43. The van der Waals surface area contributed by atoms with Crippen molar-refractivity contribution in [3.05, 3.63) is 53.5 Å². The molecule has 0 bridgehead atoms. The van der Waals surface area contributed by atoms with Crippen molar-refractivity contribution >= 4 is 11.7 Å². The number of nitrogens with zero attached hydrogens (tertiary/aromatic N) is 1. The van der Waals surface area contributed by atoms with Gasteiger partial charge in [0.15, 0.2) is 0 Å². The third-order valence-electron chi connectivity index (χ3n) is 2.83. The van der Waals surface area contributed by atoms with Crippen LogP contribution in [0.1, 0.15) is 30.0 Å². The van der Waals surface area contributed by atoms with E-state index in [1.165, 1.54) is 0 Å². The van der Waals surface area contributed by atoms with Crippen LogP contribution in [0.4, 0.5) is 10.5 Å². The number of rotatable bonds is 3. The molecule has 5 nitrogen and oxygen atoms in total. The first-order chi connectivity index (χ1) is 9.60. The van der Waals surface area contributed by atoms with Crippen molar-refractivity contribution in [3.8, 4) is 6.07 Å². The van der Waals surface area contributed by atoms with Gasteiger partial charge in [-0.1, -0.05) is 12.1 Å². The van der Waals surface area contributed by atoms with Crippen molar-refractivity contribution < 1.29 is 9.21 Å². The monoisotopic (exact) mass is 269 g/mol. The molecule has 1 aromatic heterocycles. The molecule has 102 valence electrons. The molecule has 2 aromatic rings. The zero-order valence-corrected chi connectivity index (χ0v) is 11.3. The number of aryl methyl sites for hydroxylation is 1. The van der Waals surface area contributed by atoms with E-state index in [1.54, 1.807) is 24.3 Å². The standard InChI is InChI=1S/C15H15N3O2/c1-10-7-8-14(20-10)11(2)17-15(19)18-13-6-4-3-5-12(13)9-16/h3-8,11H,1-2H3,(H2,17,18,19). The van der Waals surface area contributed by atoms with Gasteiger partial charge in [0.05, 0.1) is 17.3 Å². The van der Waals surface area contributed by atoms with E-state index in [9.17, 15) is 4.79 Å². The van der Waals surface area contributed by atoms with Crippen molar-refractivity contribution in [2.75, 3.05) is 5.32 Å². The van der Waals surface area contributed by atoms with Crippen LogP contribution in [0.25, 0.3) is 0 Å². The van der Waals surface area contributed by atoms with Crippen molar-refractivity contribution in [1.82, 2.24) is 5.32 Å². The summed E-state index contributed by atoms with van der Waals surface area (Å²) in [6.07, 6.45) is 0. The lowest BCUT2D eigenvalue weighted by Gasteiger charge is -2.13. The zero-order chi connectivity index (χ0) is 14.5. The summed E-state index contributed by atoms with van der Waals surface area (Å²) < 4.78 is 5.45. The first-order valence-corrected chi connectivity index (χ1v) is 6.23. The smallest absolute Gasteiger partial charge is 0.319 e. The summed E-state index contributed by atoms with van der Waals surface area (Å²) in [4.78, 5) is 11.9. The SMILES string of the molecule is Cc1ccc(C(C)NC(=O)Nc2ccccc2C#N)o1. The van der Waals surface area contributed by atoms with Crippen LogP contribution in [0.2, 0.25) is 0 Å². The second-order valence-electron chi connectivity index (χ2n) is 4.43. The van der Waals surface area contributed by atoms with Crippen molar-refractivity contribution in [3.63, 3.8) is 0 Å². The first-order valence-electron chi connectivity index (χ1n) is 6.23. The van der Waals surface area contributed by atoms with Crippen LogP contribution < -0.4 is 10.6 Å². The van der Waals surface area contributed by atoms with Gasteiger partial charge < -0.3 is 15.1 Å². The van der Waals surface area contributed by atoms with Crippen molar-refractivity contribution in [1.29, 1.82) is 5.26 Å². The summed E-state index contributed by atoms with van der Waals surface area (Å²) in [6.45, 7) is 3.67. The zero-order valence-electron chi connectivity index (χ0n) is 11.3. The maximum atomic E-state index is 11.9. The molecule has 0 aliphatic carbocycles. The molecule has 0 aliphatic heterocycles. The van der Waals surface area contributed by atoms with Gasteiger partial charge in [-0.2, -0.15) is 5.26 Å². The Kier molecular flexibility index (Phi) is 4.06. The van der Waals surface area contributed by atoms with Crippen LogP contribution in [0.3, 0.4) is 0 Å². The van der Waals surface area contributed by atoms with E-state index in [4.69, 9.17) is 9.68 Å². The van der Waals surface area contributed by atoms with E-state index in [1.807, 2.05) is 32.0 Å². The number of amides is 2. The van der Waals surface area contributed by atoms with Gasteiger partial charge in [0.25, 0.3) is 0 Å². The fraction of sp³-hybridized carbons (Fsp3) is 0.200. The van der Waals surface area contributed by atoms with Gasteiger partial charge in [0.2, 0.25) is 0 Å². The van der Waals surface area contributed by atoms with Crippen molar-refractivity contribution in [2.45, 2.75) is 19.9 Å². The number of para-hydroxylation sites is 1. The normalized spacial score (nSPS) is 11.4. The van der Waals surface area contributed by atoms with Crippen LogP contribution in [-0.4, -0.2) is 6.03 Å². The molecular formula is C15H15N3O2. The second kappa shape index (κ2) is 5.93. The molecule has 0 saturated carbocycles. The Morgan fingerprint density at radius 3 is 2.70 bits per heavy atom. The molecule has 0 fully saturated rings. The van der Waals surface area contributed by atoms with Gasteiger partial charge in [-0.05, 0) is 38.1 Å². The number of nitrogens with one attached hydrogen (secondary N) is 2. The molecule has 2 N–H and O–H groups in total. The molecule has 0 aliphatic rings. The predicted molar refractivity (Wildman–Crippen MR) is 75.2 cm³/mol. The quantitative estimate of drug-likeness (QED) is 0.897. The third kappa shape index (κ3) is 3.18. The summed E-state index contributed by atoms with van der Waals surface area (Å²) in [6, 6.07) is 11.9. The molecule has 0 radical (unpaired) electrons. The minimum Gasteiger partial charge on any atom is -0.464 e. The summed E-state index contributed by atoms with van der Waals surface area (Å²) in [5, 5.41) is 14.4. The molecule has 0 saturated heterocycles. The Bertz CT molecular complexity index is 655. The number of hydrogen-bond donors (Lipinski definition) is 2. The van der Waals surface area contributed by atoms with E-state index < -0.39 is 0 Å². The minimum absolute atomic E-state index is 0.252. The highest BCUT2D eigenvalue weighted by Crippen LogP contribution is 2.17. The van der Waals surface area contributed by atoms with E-state index in [2.05, 4.69) is 10.6 Å². The summed E-state index contributed by atoms with van der Waals surface area (Å²) in [5.41, 5.74) is 0.902. The molecule has 2 amide bonds. The molecule has 1 unspecified atom stereocenters. The lowest BCUT2D eigenvalue weighted by molar-refractivity contribution is 0.247. The largest absolute Gasteiger partial charge is 0.464 e. The molecule has 2 rings (SSSR count). The van der Waals surface area contributed by atoms with E-state index in [-0.39, 0.29) is 12.1 Å². The third-order valence-corrected chi connectivity index (χ3v) is 2.83. The van der Waals surface area contributed by atoms with Gasteiger partial charge in [-0.25, -0.2) is 4.79 Å². The van der Waals surface area contributed by atoms with Gasteiger partial charge in [-0.3, -0.25) is 0 Å². The number of carbonyl (C=O) groups is 1. The van der Waals surface area contributed by atoms with Crippen molar-refractivity contribution in [2.24, 2.45) is 0 Å². The average molecular weight is 269 g/mol. The number of hydrogen-bond acceptors (Lipinski definition) is 3. The van der Waals surface area contributed by atoms with Gasteiger partial charge >= 0.3 is 6.03 Å². The Morgan fingerprint density at radius 2 is 2.05 bits per heavy atom. The molecule has 5 heteroatoms. The molecule has 0 spiro atoms. The van der Waals surface area contributed by atoms with Crippen LogP contribution >= 0.6 is 0 Å². The molecule has 20 heavy (non-hydrogen) atoms. The Hall–Kier alpha value is -2.74. The van der Waals surface area contributed by atoms with E-state index in [0.29, 0.717) is 17.0 Å². The summed E-state index contributed by atoms with van der Waals surface area (Å²) >= 11 is 0. The van der Waals surface area contributed by atoms with Crippen LogP contribution in [0.15, 0.2) is 40.8 Å². The predicted octanol–water partition coefficient (Wildman–Crippen LogP) is 3.34. The Balaban J connectivity index is 2.01. The fourth-order valence-electron chi connectivity index (χ4n) is 1.80.